The summed E-state index contributed by atoms with van der Waals surface area (Å²) in [5.74, 6) is 1.43. The minimum absolute atomic E-state index is 0.594. The van der Waals surface area contributed by atoms with Gasteiger partial charge in [-0.25, -0.2) is 19.9 Å². The average molecular weight is 378 g/mol. The van der Waals surface area contributed by atoms with E-state index in [0.29, 0.717) is 12.5 Å². The number of anilines is 1. The molecule has 6 nitrogen and oxygen atoms in total. The molecule has 0 bridgehead atoms. The number of rotatable bonds is 5. The third kappa shape index (κ3) is 3.55. The van der Waals surface area contributed by atoms with Crippen LogP contribution in [0.15, 0.2) is 91.6 Å². The molecule has 3 aromatic heterocycles. The summed E-state index contributed by atoms with van der Waals surface area (Å²) in [5, 5.41) is 4.40. The van der Waals surface area contributed by atoms with Gasteiger partial charge in [0, 0.05) is 36.1 Å². The van der Waals surface area contributed by atoms with Gasteiger partial charge in [0.2, 0.25) is 5.95 Å². The highest BCUT2D eigenvalue weighted by molar-refractivity contribution is 5.93. The Hall–Kier alpha value is -4.06. The molecule has 0 atom stereocenters. The standard InChI is InChI=1S/C23H18N6/c1-2-6-18(7-3-1)22-19-8-4-5-9-20(19)27-23(28-22)26-15-17-10-11-25-21(14-17)29-13-12-24-16-29/h1-14,16H,15H2,(H,26,27,28). The van der Waals surface area contributed by atoms with Crippen molar-refractivity contribution in [1.82, 2.24) is 24.5 Å². The van der Waals surface area contributed by atoms with Gasteiger partial charge in [-0.15, -0.1) is 0 Å². The van der Waals surface area contributed by atoms with Crippen LogP contribution in [0.4, 0.5) is 5.95 Å². The van der Waals surface area contributed by atoms with Gasteiger partial charge in [0.15, 0.2) is 0 Å². The van der Waals surface area contributed by atoms with E-state index in [1.165, 1.54) is 0 Å². The van der Waals surface area contributed by atoms with Crippen molar-refractivity contribution in [3.8, 4) is 17.1 Å². The minimum atomic E-state index is 0.594. The molecule has 0 fully saturated rings. The SMILES string of the molecule is c1ccc(-c2nc(NCc3ccnc(-n4ccnc4)c3)nc3ccccc23)cc1. The number of imidazole rings is 1. The van der Waals surface area contributed by atoms with E-state index >= 15 is 0 Å². The van der Waals surface area contributed by atoms with E-state index in [-0.39, 0.29) is 0 Å². The Morgan fingerprint density at radius 3 is 2.59 bits per heavy atom. The molecule has 5 aromatic rings. The van der Waals surface area contributed by atoms with Crippen LogP contribution in [0.3, 0.4) is 0 Å². The number of aromatic nitrogens is 5. The van der Waals surface area contributed by atoms with Crippen LogP contribution in [0.2, 0.25) is 0 Å². The van der Waals surface area contributed by atoms with Crippen molar-refractivity contribution in [2.75, 3.05) is 5.32 Å². The summed E-state index contributed by atoms with van der Waals surface area (Å²) < 4.78 is 1.88. The second-order valence-electron chi connectivity index (χ2n) is 6.62. The van der Waals surface area contributed by atoms with Crippen molar-refractivity contribution in [1.29, 1.82) is 0 Å². The van der Waals surface area contributed by atoms with Crippen LogP contribution in [0.1, 0.15) is 5.56 Å². The molecule has 1 N–H and O–H groups in total. The molecule has 3 heterocycles. The Morgan fingerprint density at radius 1 is 0.862 bits per heavy atom. The molecule has 6 heteroatoms. The van der Waals surface area contributed by atoms with Crippen LogP contribution in [0.25, 0.3) is 28.0 Å². The molecule has 29 heavy (non-hydrogen) atoms. The number of pyridine rings is 1. The summed E-state index contributed by atoms with van der Waals surface area (Å²) in [6.07, 6.45) is 7.14. The lowest BCUT2D eigenvalue weighted by Gasteiger charge is -2.11. The lowest BCUT2D eigenvalue weighted by atomic mass is 10.1. The molecule has 0 aliphatic carbocycles. The molecule has 0 aliphatic rings. The molecular weight excluding hydrogens is 360 g/mol. The highest BCUT2D eigenvalue weighted by Crippen LogP contribution is 2.27. The third-order valence-electron chi connectivity index (χ3n) is 4.68. The van der Waals surface area contributed by atoms with E-state index in [9.17, 15) is 0 Å². The summed E-state index contributed by atoms with van der Waals surface area (Å²) in [4.78, 5) is 18.0. The molecule has 0 saturated heterocycles. The van der Waals surface area contributed by atoms with Crippen molar-refractivity contribution < 1.29 is 0 Å². The van der Waals surface area contributed by atoms with Gasteiger partial charge in [0.1, 0.15) is 12.1 Å². The Morgan fingerprint density at radius 2 is 1.72 bits per heavy atom. The fourth-order valence-corrected chi connectivity index (χ4v) is 3.26. The fourth-order valence-electron chi connectivity index (χ4n) is 3.26. The lowest BCUT2D eigenvalue weighted by Crippen LogP contribution is -2.06. The summed E-state index contributed by atoms with van der Waals surface area (Å²) in [7, 11) is 0. The smallest absolute Gasteiger partial charge is 0.224 e. The first kappa shape index (κ1) is 17.1. The molecule has 0 unspecified atom stereocenters. The van der Waals surface area contributed by atoms with E-state index in [1.54, 1.807) is 18.7 Å². The van der Waals surface area contributed by atoms with Gasteiger partial charge in [-0.2, -0.15) is 0 Å². The van der Waals surface area contributed by atoms with Crippen molar-refractivity contribution in [2.45, 2.75) is 6.54 Å². The van der Waals surface area contributed by atoms with Gasteiger partial charge >= 0.3 is 0 Å². The van der Waals surface area contributed by atoms with Gasteiger partial charge in [-0.05, 0) is 23.8 Å². The summed E-state index contributed by atoms with van der Waals surface area (Å²) in [6, 6.07) is 22.3. The molecule has 0 spiro atoms. The predicted octanol–water partition coefficient (Wildman–Crippen LogP) is 4.49. The summed E-state index contributed by atoms with van der Waals surface area (Å²) >= 11 is 0. The van der Waals surface area contributed by atoms with Gasteiger partial charge in [-0.3, -0.25) is 4.57 Å². The first-order valence-electron chi connectivity index (χ1n) is 9.36. The second kappa shape index (κ2) is 7.52. The molecule has 0 saturated carbocycles. The van der Waals surface area contributed by atoms with Crippen molar-refractivity contribution in [3.05, 3.63) is 97.2 Å². The topological polar surface area (TPSA) is 68.5 Å². The Kier molecular flexibility index (Phi) is 4.42. The first-order valence-corrected chi connectivity index (χ1v) is 9.36. The monoisotopic (exact) mass is 378 g/mol. The predicted molar refractivity (Wildman–Crippen MR) is 114 cm³/mol. The number of nitrogens with zero attached hydrogens (tertiary/aromatic N) is 5. The van der Waals surface area contributed by atoms with Crippen molar-refractivity contribution in [2.24, 2.45) is 0 Å². The lowest BCUT2D eigenvalue weighted by molar-refractivity contribution is 0.974. The zero-order valence-electron chi connectivity index (χ0n) is 15.6. The van der Waals surface area contributed by atoms with E-state index in [1.807, 2.05) is 59.3 Å². The van der Waals surface area contributed by atoms with E-state index in [0.717, 1.165) is 33.5 Å². The maximum absolute atomic E-state index is 4.81. The van der Waals surface area contributed by atoms with Crippen molar-refractivity contribution in [3.63, 3.8) is 0 Å². The number of para-hydroxylation sites is 1. The van der Waals surface area contributed by atoms with E-state index in [4.69, 9.17) is 9.97 Å². The van der Waals surface area contributed by atoms with Crippen LogP contribution < -0.4 is 5.32 Å². The van der Waals surface area contributed by atoms with Crippen LogP contribution in [0, 0.1) is 0 Å². The highest BCUT2D eigenvalue weighted by Gasteiger charge is 2.09. The number of fused-ring (bicyclic) bond motifs is 1. The zero-order chi connectivity index (χ0) is 19.5. The number of hydrogen-bond acceptors (Lipinski definition) is 5. The van der Waals surface area contributed by atoms with Crippen LogP contribution in [0.5, 0.6) is 0 Å². The summed E-state index contributed by atoms with van der Waals surface area (Å²) in [6.45, 7) is 0.594. The van der Waals surface area contributed by atoms with Crippen LogP contribution >= 0.6 is 0 Å². The highest BCUT2D eigenvalue weighted by atomic mass is 15.1. The molecule has 0 amide bonds. The molecule has 2 aromatic carbocycles. The maximum atomic E-state index is 4.81. The van der Waals surface area contributed by atoms with Gasteiger partial charge in [0.25, 0.3) is 0 Å². The van der Waals surface area contributed by atoms with Gasteiger partial charge < -0.3 is 5.32 Å². The molecule has 140 valence electrons. The number of nitrogens with one attached hydrogen (secondary N) is 1. The molecular formula is C23H18N6. The molecule has 0 radical (unpaired) electrons. The third-order valence-corrected chi connectivity index (χ3v) is 4.68. The maximum Gasteiger partial charge on any atom is 0.224 e. The van der Waals surface area contributed by atoms with Gasteiger partial charge in [-0.1, -0.05) is 48.5 Å². The van der Waals surface area contributed by atoms with Crippen molar-refractivity contribution >= 4 is 16.9 Å². The summed E-state index contributed by atoms with van der Waals surface area (Å²) in [5.41, 5.74) is 3.99. The second-order valence-corrected chi connectivity index (χ2v) is 6.62. The average Bonchev–Trinajstić information content (AvgIpc) is 3.33. The Labute approximate surface area is 167 Å². The number of hydrogen-bond donors (Lipinski definition) is 1. The molecule has 0 aliphatic heterocycles. The van der Waals surface area contributed by atoms with Crippen LogP contribution in [-0.2, 0) is 6.54 Å². The quantitative estimate of drug-likeness (QED) is 0.488. The Bertz CT molecular complexity index is 1250. The normalized spacial score (nSPS) is 10.9. The fraction of sp³-hybridized carbons (Fsp3) is 0.0435. The van der Waals surface area contributed by atoms with Gasteiger partial charge in [0.05, 0.1) is 11.2 Å². The number of benzene rings is 2. The first-order chi connectivity index (χ1) is 14.4. The van der Waals surface area contributed by atoms with E-state index < -0.39 is 0 Å². The van der Waals surface area contributed by atoms with Crippen LogP contribution in [-0.4, -0.2) is 24.5 Å². The Balaban J connectivity index is 1.46. The minimum Gasteiger partial charge on any atom is -0.350 e. The zero-order valence-corrected chi connectivity index (χ0v) is 15.6. The molecule has 5 rings (SSSR count). The van der Waals surface area contributed by atoms with E-state index in [2.05, 4.69) is 33.5 Å². The largest absolute Gasteiger partial charge is 0.350 e.